The van der Waals surface area contributed by atoms with Gasteiger partial charge in [0.15, 0.2) is 0 Å². The van der Waals surface area contributed by atoms with Gasteiger partial charge in [0.2, 0.25) is 5.91 Å². The van der Waals surface area contributed by atoms with Gasteiger partial charge in [0.1, 0.15) is 5.41 Å². The maximum Gasteiger partial charge on any atom is 0.243 e. The Morgan fingerprint density at radius 1 is 1.47 bits per heavy atom. The molecule has 4 nitrogen and oxygen atoms in total. The van der Waals surface area contributed by atoms with Crippen LogP contribution in [0.15, 0.2) is 0 Å². The van der Waals surface area contributed by atoms with Gasteiger partial charge in [0, 0.05) is 19.2 Å². The third kappa shape index (κ3) is 2.98. The summed E-state index contributed by atoms with van der Waals surface area (Å²) in [6.07, 6.45) is 3.87. The van der Waals surface area contributed by atoms with Crippen molar-refractivity contribution in [1.82, 2.24) is 4.90 Å². The lowest BCUT2D eigenvalue weighted by Gasteiger charge is -2.32. The molecule has 1 rings (SSSR count). The molecule has 1 aliphatic rings. The van der Waals surface area contributed by atoms with Gasteiger partial charge in [-0.1, -0.05) is 12.8 Å². The van der Waals surface area contributed by atoms with E-state index in [4.69, 9.17) is 5.11 Å². The van der Waals surface area contributed by atoms with Gasteiger partial charge in [0.05, 0.1) is 6.07 Å². The third-order valence-corrected chi connectivity index (χ3v) is 3.52. The van der Waals surface area contributed by atoms with Crippen molar-refractivity contribution in [3.63, 3.8) is 0 Å². The lowest BCUT2D eigenvalue weighted by Crippen LogP contribution is -2.46. The average molecular weight is 238 g/mol. The van der Waals surface area contributed by atoms with Gasteiger partial charge in [-0.25, -0.2) is 0 Å². The van der Waals surface area contributed by atoms with E-state index in [9.17, 15) is 10.1 Å². The molecule has 0 aromatic rings. The first kappa shape index (κ1) is 14.0. The fourth-order valence-electron chi connectivity index (χ4n) is 2.46. The summed E-state index contributed by atoms with van der Waals surface area (Å²) in [5, 5.41) is 18.2. The second-order valence-electron chi connectivity index (χ2n) is 5.07. The first-order valence-corrected chi connectivity index (χ1v) is 6.40. The van der Waals surface area contributed by atoms with Gasteiger partial charge < -0.3 is 10.0 Å². The maximum atomic E-state index is 12.5. The number of amides is 1. The fourth-order valence-corrected chi connectivity index (χ4v) is 2.46. The van der Waals surface area contributed by atoms with E-state index in [-0.39, 0.29) is 18.6 Å². The molecule has 1 aliphatic carbocycles. The Bertz CT molecular complexity index is 301. The summed E-state index contributed by atoms with van der Waals surface area (Å²) >= 11 is 0. The Morgan fingerprint density at radius 2 is 2.06 bits per heavy atom. The van der Waals surface area contributed by atoms with Crippen LogP contribution in [-0.4, -0.2) is 35.1 Å². The van der Waals surface area contributed by atoms with E-state index in [1.807, 2.05) is 13.8 Å². The molecule has 4 heteroatoms. The predicted octanol–water partition coefficient (Wildman–Crippen LogP) is 1.69. The first-order chi connectivity index (χ1) is 8.07. The van der Waals surface area contributed by atoms with Gasteiger partial charge in [-0.15, -0.1) is 0 Å². The smallest absolute Gasteiger partial charge is 0.243 e. The molecular weight excluding hydrogens is 216 g/mol. The minimum Gasteiger partial charge on any atom is -0.396 e. The van der Waals surface area contributed by atoms with Crippen LogP contribution in [0, 0.1) is 16.7 Å². The Labute approximate surface area is 103 Å². The van der Waals surface area contributed by atoms with Gasteiger partial charge in [-0.3, -0.25) is 4.79 Å². The minimum absolute atomic E-state index is 0.0408. The molecule has 0 atom stereocenters. The second kappa shape index (κ2) is 6.02. The molecule has 1 saturated carbocycles. The lowest BCUT2D eigenvalue weighted by molar-refractivity contribution is -0.140. The highest BCUT2D eigenvalue weighted by Gasteiger charge is 2.44. The standard InChI is InChI=1S/C13H22N2O2/c1-11(2)15(8-5-9-16)12(17)13(10-14)6-3-4-7-13/h11,16H,3-9H2,1-2H3. The highest BCUT2D eigenvalue weighted by atomic mass is 16.3. The molecule has 0 aliphatic heterocycles. The summed E-state index contributed by atoms with van der Waals surface area (Å²) < 4.78 is 0. The highest BCUT2D eigenvalue weighted by molar-refractivity contribution is 5.86. The molecule has 96 valence electrons. The maximum absolute atomic E-state index is 12.5. The first-order valence-electron chi connectivity index (χ1n) is 6.40. The molecule has 0 bridgehead atoms. The normalized spacial score (nSPS) is 18.1. The summed E-state index contributed by atoms with van der Waals surface area (Å²) in [5.74, 6) is -0.0408. The van der Waals surface area contributed by atoms with Crippen molar-refractivity contribution in [3.8, 4) is 6.07 Å². The number of nitrogens with zero attached hydrogens (tertiary/aromatic N) is 2. The van der Waals surface area contributed by atoms with Crippen molar-refractivity contribution >= 4 is 5.91 Å². The van der Waals surface area contributed by atoms with Gasteiger partial charge in [-0.2, -0.15) is 5.26 Å². The van der Waals surface area contributed by atoms with Crippen molar-refractivity contribution < 1.29 is 9.90 Å². The van der Waals surface area contributed by atoms with Crippen LogP contribution in [0.3, 0.4) is 0 Å². The number of hydrogen-bond acceptors (Lipinski definition) is 3. The molecule has 1 fully saturated rings. The van der Waals surface area contributed by atoms with E-state index in [0.717, 1.165) is 12.8 Å². The number of hydrogen-bond donors (Lipinski definition) is 1. The number of rotatable bonds is 5. The van der Waals surface area contributed by atoms with Crippen molar-refractivity contribution in [1.29, 1.82) is 5.26 Å². The molecule has 17 heavy (non-hydrogen) atoms. The topological polar surface area (TPSA) is 64.3 Å². The predicted molar refractivity (Wildman–Crippen MR) is 65.1 cm³/mol. The van der Waals surface area contributed by atoms with Crippen LogP contribution in [0.1, 0.15) is 46.0 Å². The Balaban J connectivity index is 2.79. The molecule has 1 amide bonds. The second-order valence-corrected chi connectivity index (χ2v) is 5.07. The molecule has 0 aromatic heterocycles. The van der Waals surface area contributed by atoms with Crippen LogP contribution in [-0.2, 0) is 4.79 Å². The SMILES string of the molecule is CC(C)N(CCCO)C(=O)C1(C#N)CCCC1. The molecule has 0 unspecified atom stereocenters. The van der Waals surface area contributed by atoms with Crippen LogP contribution in [0.4, 0.5) is 0 Å². The Morgan fingerprint density at radius 3 is 2.47 bits per heavy atom. The van der Waals surface area contributed by atoms with Crippen LogP contribution < -0.4 is 0 Å². The fraction of sp³-hybridized carbons (Fsp3) is 0.846. The van der Waals surface area contributed by atoms with E-state index >= 15 is 0 Å². The Kier molecular flexibility index (Phi) is 4.95. The zero-order valence-electron chi connectivity index (χ0n) is 10.8. The van der Waals surface area contributed by atoms with E-state index in [0.29, 0.717) is 25.8 Å². The Hall–Kier alpha value is -1.08. The minimum atomic E-state index is -0.792. The van der Waals surface area contributed by atoms with E-state index in [2.05, 4.69) is 6.07 Å². The molecule has 0 heterocycles. The van der Waals surface area contributed by atoms with Crippen LogP contribution >= 0.6 is 0 Å². The average Bonchev–Trinajstić information content (AvgIpc) is 2.78. The molecule has 1 N–H and O–H groups in total. The van der Waals surface area contributed by atoms with Crippen molar-refractivity contribution in [3.05, 3.63) is 0 Å². The monoisotopic (exact) mass is 238 g/mol. The lowest BCUT2D eigenvalue weighted by atomic mass is 9.86. The number of carbonyl (C=O) groups is 1. The molecule has 0 aromatic carbocycles. The highest BCUT2D eigenvalue weighted by Crippen LogP contribution is 2.39. The molecule has 0 saturated heterocycles. The van der Waals surface area contributed by atoms with Crippen molar-refractivity contribution in [2.75, 3.05) is 13.2 Å². The summed E-state index contributed by atoms with van der Waals surface area (Å²) in [5.41, 5.74) is -0.792. The largest absolute Gasteiger partial charge is 0.396 e. The van der Waals surface area contributed by atoms with Gasteiger partial charge in [0.25, 0.3) is 0 Å². The summed E-state index contributed by atoms with van der Waals surface area (Å²) in [6, 6.07) is 2.32. The van der Waals surface area contributed by atoms with Gasteiger partial charge >= 0.3 is 0 Å². The number of carbonyl (C=O) groups excluding carboxylic acids is 1. The summed E-state index contributed by atoms with van der Waals surface area (Å²) in [6.45, 7) is 4.52. The van der Waals surface area contributed by atoms with Crippen LogP contribution in [0.25, 0.3) is 0 Å². The van der Waals surface area contributed by atoms with Crippen LogP contribution in [0.2, 0.25) is 0 Å². The zero-order valence-corrected chi connectivity index (χ0v) is 10.8. The van der Waals surface area contributed by atoms with E-state index in [1.54, 1.807) is 4.90 Å². The number of aliphatic hydroxyl groups excluding tert-OH is 1. The van der Waals surface area contributed by atoms with Gasteiger partial charge in [-0.05, 0) is 33.1 Å². The van der Waals surface area contributed by atoms with E-state index in [1.165, 1.54) is 0 Å². The number of aliphatic hydroxyl groups is 1. The van der Waals surface area contributed by atoms with Crippen LogP contribution in [0.5, 0.6) is 0 Å². The zero-order chi connectivity index (χ0) is 12.9. The molecular formula is C13H22N2O2. The van der Waals surface area contributed by atoms with Crippen molar-refractivity contribution in [2.24, 2.45) is 5.41 Å². The summed E-state index contributed by atoms with van der Waals surface area (Å²) in [7, 11) is 0. The number of nitriles is 1. The van der Waals surface area contributed by atoms with Crippen molar-refractivity contribution in [2.45, 2.75) is 52.0 Å². The van der Waals surface area contributed by atoms with E-state index < -0.39 is 5.41 Å². The molecule has 0 spiro atoms. The third-order valence-electron chi connectivity index (χ3n) is 3.52. The molecule has 0 radical (unpaired) electrons. The quantitative estimate of drug-likeness (QED) is 0.792. The summed E-state index contributed by atoms with van der Waals surface area (Å²) in [4.78, 5) is 14.2.